The summed E-state index contributed by atoms with van der Waals surface area (Å²) in [4.78, 5) is 25.2. The van der Waals surface area contributed by atoms with Crippen LogP contribution >= 0.6 is 0 Å². The van der Waals surface area contributed by atoms with Crippen molar-refractivity contribution in [3.8, 4) is 5.75 Å². The molecule has 2 aliphatic rings. The molecular formula is C21H29F3N2O5. The summed E-state index contributed by atoms with van der Waals surface area (Å²) >= 11 is 0. The number of halogens is 3. The number of hydrogen-bond donors (Lipinski definition) is 1. The quantitative estimate of drug-likeness (QED) is 0.766. The number of carbonyl (C=O) groups excluding carboxylic acids is 1. The number of benzene rings is 1. The van der Waals surface area contributed by atoms with E-state index in [1.54, 1.807) is 26.1 Å². The lowest BCUT2D eigenvalue weighted by Crippen LogP contribution is -2.44. The number of ether oxygens (including phenoxy) is 2. The summed E-state index contributed by atoms with van der Waals surface area (Å²) in [6.07, 6.45) is -2.17. The van der Waals surface area contributed by atoms with E-state index in [-0.39, 0.29) is 17.4 Å². The molecular weight excluding hydrogens is 417 g/mol. The fraction of sp³-hybridized carbons (Fsp3) is 0.619. The average Bonchev–Trinajstić information content (AvgIpc) is 3.10. The van der Waals surface area contributed by atoms with Crippen LogP contribution in [-0.4, -0.2) is 80.0 Å². The maximum atomic E-state index is 12.2. The van der Waals surface area contributed by atoms with Gasteiger partial charge in [-0.3, -0.25) is 9.69 Å². The van der Waals surface area contributed by atoms with Gasteiger partial charge in [0.05, 0.1) is 13.7 Å². The Hall–Kier alpha value is -2.33. The Morgan fingerprint density at radius 1 is 1.29 bits per heavy atom. The van der Waals surface area contributed by atoms with Crippen LogP contribution in [0.4, 0.5) is 13.2 Å². The summed E-state index contributed by atoms with van der Waals surface area (Å²) in [7, 11) is 5.29. The van der Waals surface area contributed by atoms with E-state index >= 15 is 0 Å². The van der Waals surface area contributed by atoms with Crippen LogP contribution in [0.3, 0.4) is 0 Å². The maximum absolute atomic E-state index is 12.2. The van der Waals surface area contributed by atoms with Crippen molar-refractivity contribution in [3.05, 3.63) is 29.8 Å². The number of methoxy groups -OCH3 is 1. The molecule has 174 valence electrons. The number of alkyl halides is 3. The third-order valence-corrected chi connectivity index (χ3v) is 5.47. The van der Waals surface area contributed by atoms with Crippen LogP contribution in [0.15, 0.2) is 24.3 Å². The minimum absolute atomic E-state index is 0.0964. The number of amides is 1. The van der Waals surface area contributed by atoms with Crippen LogP contribution in [0.25, 0.3) is 0 Å². The van der Waals surface area contributed by atoms with Gasteiger partial charge in [0.1, 0.15) is 11.9 Å². The first-order valence-corrected chi connectivity index (χ1v) is 9.94. The lowest BCUT2D eigenvalue weighted by Gasteiger charge is -2.39. The van der Waals surface area contributed by atoms with E-state index < -0.39 is 12.1 Å². The second kappa shape index (κ2) is 10.3. The van der Waals surface area contributed by atoms with Gasteiger partial charge in [-0.25, -0.2) is 4.79 Å². The smallest absolute Gasteiger partial charge is 0.490 e. The van der Waals surface area contributed by atoms with Gasteiger partial charge in [-0.1, -0.05) is 12.1 Å². The Morgan fingerprint density at radius 3 is 2.42 bits per heavy atom. The van der Waals surface area contributed by atoms with Crippen LogP contribution < -0.4 is 4.74 Å². The summed E-state index contributed by atoms with van der Waals surface area (Å²) in [5, 5.41) is 7.12. The highest BCUT2D eigenvalue weighted by atomic mass is 19.4. The van der Waals surface area contributed by atoms with Crippen molar-refractivity contribution in [2.75, 3.05) is 40.9 Å². The van der Waals surface area contributed by atoms with E-state index in [4.69, 9.17) is 19.4 Å². The van der Waals surface area contributed by atoms with Gasteiger partial charge >= 0.3 is 12.1 Å². The highest BCUT2D eigenvalue weighted by Gasteiger charge is 2.45. The van der Waals surface area contributed by atoms with Gasteiger partial charge in [0.15, 0.2) is 0 Å². The molecule has 10 heteroatoms. The number of rotatable bonds is 4. The summed E-state index contributed by atoms with van der Waals surface area (Å²) in [6, 6.07) is 8.28. The molecule has 31 heavy (non-hydrogen) atoms. The number of likely N-dealkylation sites (tertiary alicyclic amines) is 1. The fourth-order valence-electron chi connectivity index (χ4n) is 3.95. The van der Waals surface area contributed by atoms with Crippen LogP contribution in [0.1, 0.15) is 24.8 Å². The standard InChI is InChI=1S/C19H28N2O3.C2HF3O2/c1-20(2)18(22)17-11-19(14-24-17)9-4-10-21(13-19)12-15-5-7-16(23-3)8-6-15;3-2(4,5)1(6)7/h5-8,17H,4,9-14H2,1-3H3;(H,6,7). The summed E-state index contributed by atoms with van der Waals surface area (Å²) in [5.74, 6) is -1.77. The number of piperidine rings is 1. The molecule has 2 heterocycles. The van der Waals surface area contributed by atoms with E-state index in [1.807, 2.05) is 12.1 Å². The number of carbonyl (C=O) groups is 2. The van der Waals surface area contributed by atoms with Gasteiger partial charge in [0.2, 0.25) is 0 Å². The molecule has 0 aromatic heterocycles. The van der Waals surface area contributed by atoms with Crippen LogP contribution in [0.5, 0.6) is 5.75 Å². The molecule has 0 radical (unpaired) electrons. The number of carboxylic acids is 1. The van der Waals surface area contributed by atoms with Gasteiger partial charge in [0.25, 0.3) is 5.91 Å². The van der Waals surface area contributed by atoms with E-state index in [0.717, 1.165) is 38.2 Å². The monoisotopic (exact) mass is 446 g/mol. The van der Waals surface area contributed by atoms with Crippen molar-refractivity contribution in [1.29, 1.82) is 0 Å². The summed E-state index contributed by atoms with van der Waals surface area (Å²) < 4.78 is 42.8. The number of nitrogens with zero attached hydrogens (tertiary/aromatic N) is 2. The Bertz CT molecular complexity index is 754. The normalized spacial score (nSPS) is 23.7. The second-order valence-electron chi connectivity index (χ2n) is 8.20. The van der Waals surface area contributed by atoms with Crippen molar-refractivity contribution in [3.63, 3.8) is 0 Å². The Labute approximate surface area is 179 Å². The molecule has 2 fully saturated rings. The predicted octanol–water partition coefficient (Wildman–Crippen LogP) is 2.79. The van der Waals surface area contributed by atoms with Crippen molar-refractivity contribution < 1.29 is 37.3 Å². The number of aliphatic carboxylic acids is 1. The second-order valence-corrected chi connectivity index (χ2v) is 8.20. The van der Waals surface area contributed by atoms with Gasteiger partial charge in [-0.05, 0) is 43.5 Å². The highest BCUT2D eigenvalue weighted by Crippen LogP contribution is 2.41. The van der Waals surface area contributed by atoms with Gasteiger partial charge in [-0.2, -0.15) is 13.2 Å². The molecule has 1 aromatic rings. The highest BCUT2D eigenvalue weighted by molar-refractivity contribution is 5.80. The minimum atomic E-state index is -5.08. The molecule has 1 amide bonds. The summed E-state index contributed by atoms with van der Waals surface area (Å²) in [6.45, 7) is 3.77. The van der Waals surface area contributed by atoms with E-state index in [0.29, 0.717) is 6.61 Å². The lowest BCUT2D eigenvalue weighted by molar-refractivity contribution is -0.192. The van der Waals surface area contributed by atoms with E-state index in [2.05, 4.69) is 17.0 Å². The van der Waals surface area contributed by atoms with Crippen molar-refractivity contribution >= 4 is 11.9 Å². The first-order valence-electron chi connectivity index (χ1n) is 9.94. The number of carboxylic acid groups (broad SMARTS) is 1. The Kier molecular flexibility index (Phi) is 8.30. The van der Waals surface area contributed by atoms with Crippen molar-refractivity contribution in [1.82, 2.24) is 9.80 Å². The molecule has 3 rings (SSSR count). The summed E-state index contributed by atoms with van der Waals surface area (Å²) in [5.41, 5.74) is 1.44. The first-order chi connectivity index (χ1) is 14.5. The van der Waals surface area contributed by atoms with Crippen LogP contribution in [-0.2, 0) is 20.9 Å². The van der Waals surface area contributed by atoms with Gasteiger partial charge in [-0.15, -0.1) is 0 Å². The van der Waals surface area contributed by atoms with Crippen molar-refractivity contribution in [2.24, 2.45) is 5.41 Å². The molecule has 1 aromatic carbocycles. The van der Waals surface area contributed by atoms with E-state index in [9.17, 15) is 18.0 Å². The molecule has 2 unspecified atom stereocenters. The predicted molar refractivity (Wildman–Crippen MR) is 107 cm³/mol. The number of likely N-dealkylation sites (N-methyl/N-ethyl adjacent to an activating group) is 1. The molecule has 2 saturated heterocycles. The molecule has 2 aliphatic heterocycles. The third-order valence-electron chi connectivity index (χ3n) is 5.47. The van der Waals surface area contributed by atoms with Crippen molar-refractivity contribution in [2.45, 2.75) is 38.1 Å². The Morgan fingerprint density at radius 2 is 1.90 bits per heavy atom. The first kappa shape index (κ1) is 24.9. The molecule has 1 N–H and O–H groups in total. The zero-order chi connectivity index (χ0) is 23.2. The molecule has 0 aliphatic carbocycles. The minimum Gasteiger partial charge on any atom is -0.497 e. The number of hydrogen-bond acceptors (Lipinski definition) is 5. The molecule has 0 bridgehead atoms. The van der Waals surface area contributed by atoms with Gasteiger partial charge in [0, 0.05) is 32.6 Å². The maximum Gasteiger partial charge on any atom is 0.490 e. The van der Waals surface area contributed by atoms with E-state index in [1.165, 1.54) is 12.0 Å². The largest absolute Gasteiger partial charge is 0.497 e. The average molecular weight is 446 g/mol. The Balaban J connectivity index is 0.000000423. The third kappa shape index (κ3) is 7.10. The SMILES string of the molecule is COc1ccc(CN2CCCC3(COC(C(=O)N(C)C)C3)C2)cc1.O=C(O)C(F)(F)F. The van der Waals surface area contributed by atoms with Gasteiger partial charge < -0.3 is 19.5 Å². The molecule has 7 nitrogen and oxygen atoms in total. The lowest BCUT2D eigenvalue weighted by atomic mass is 9.78. The molecule has 2 atom stereocenters. The van der Waals surface area contributed by atoms with Crippen LogP contribution in [0, 0.1) is 5.41 Å². The molecule has 0 saturated carbocycles. The zero-order valence-corrected chi connectivity index (χ0v) is 17.9. The van der Waals surface area contributed by atoms with Crippen LogP contribution in [0.2, 0.25) is 0 Å². The fourth-order valence-corrected chi connectivity index (χ4v) is 3.95. The zero-order valence-electron chi connectivity index (χ0n) is 17.9. The topological polar surface area (TPSA) is 79.3 Å². The molecule has 1 spiro atoms.